The molecular formula is C16H17N5O3. The number of nitrogens with zero attached hydrogens (tertiary/aromatic N) is 5. The van der Waals surface area contributed by atoms with Crippen LogP contribution in [0.4, 0.5) is 0 Å². The minimum absolute atomic E-state index is 0.0234. The molecule has 4 heterocycles. The SMILES string of the molecule is O=C(c1ccnnc1)N1CC2(CC(Oc3cnccn3)CCO2)C1. The van der Waals surface area contributed by atoms with E-state index >= 15 is 0 Å². The molecular weight excluding hydrogens is 310 g/mol. The monoisotopic (exact) mass is 327 g/mol. The van der Waals surface area contributed by atoms with Crippen molar-refractivity contribution in [3.8, 4) is 5.88 Å². The van der Waals surface area contributed by atoms with Crippen LogP contribution in [-0.4, -0.2) is 62.4 Å². The fourth-order valence-electron chi connectivity index (χ4n) is 3.21. The Labute approximate surface area is 138 Å². The van der Waals surface area contributed by atoms with Crippen molar-refractivity contribution >= 4 is 5.91 Å². The van der Waals surface area contributed by atoms with Gasteiger partial charge in [-0.3, -0.25) is 9.78 Å². The molecule has 124 valence electrons. The topological polar surface area (TPSA) is 90.3 Å². The fraction of sp³-hybridized carbons (Fsp3) is 0.438. The van der Waals surface area contributed by atoms with Crippen molar-refractivity contribution in [1.82, 2.24) is 25.1 Å². The Kier molecular flexibility index (Phi) is 3.81. The van der Waals surface area contributed by atoms with Gasteiger partial charge in [0.05, 0.1) is 43.9 Å². The number of amides is 1. The summed E-state index contributed by atoms with van der Waals surface area (Å²) in [6.45, 7) is 1.74. The Balaban J connectivity index is 1.36. The number of carbonyl (C=O) groups is 1. The first kappa shape index (κ1) is 14.9. The van der Waals surface area contributed by atoms with Crippen molar-refractivity contribution in [2.45, 2.75) is 24.5 Å². The summed E-state index contributed by atoms with van der Waals surface area (Å²) in [6.07, 6.45) is 9.39. The predicted molar refractivity (Wildman–Crippen MR) is 82.3 cm³/mol. The van der Waals surface area contributed by atoms with Crippen LogP contribution in [0.25, 0.3) is 0 Å². The molecule has 8 heteroatoms. The predicted octanol–water partition coefficient (Wildman–Crippen LogP) is 0.719. The van der Waals surface area contributed by atoms with Gasteiger partial charge in [-0.15, -0.1) is 0 Å². The van der Waals surface area contributed by atoms with Crippen LogP contribution < -0.4 is 4.74 Å². The zero-order valence-electron chi connectivity index (χ0n) is 13.0. The first-order valence-electron chi connectivity index (χ1n) is 7.87. The Morgan fingerprint density at radius 1 is 1.25 bits per heavy atom. The smallest absolute Gasteiger partial charge is 0.255 e. The lowest BCUT2D eigenvalue weighted by atomic mass is 9.84. The lowest BCUT2D eigenvalue weighted by molar-refractivity contribution is -0.174. The second kappa shape index (κ2) is 6.12. The summed E-state index contributed by atoms with van der Waals surface area (Å²) < 4.78 is 11.8. The number of ether oxygens (including phenoxy) is 2. The van der Waals surface area contributed by atoms with E-state index in [0.29, 0.717) is 31.1 Å². The van der Waals surface area contributed by atoms with Crippen molar-refractivity contribution in [2.75, 3.05) is 19.7 Å². The highest BCUT2D eigenvalue weighted by molar-refractivity contribution is 5.94. The molecule has 2 fully saturated rings. The largest absolute Gasteiger partial charge is 0.473 e. The zero-order chi connectivity index (χ0) is 16.4. The van der Waals surface area contributed by atoms with Crippen LogP contribution in [0.2, 0.25) is 0 Å². The van der Waals surface area contributed by atoms with Crippen LogP contribution in [0.5, 0.6) is 5.88 Å². The highest BCUT2D eigenvalue weighted by Gasteiger charge is 2.50. The van der Waals surface area contributed by atoms with Crippen LogP contribution >= 0.6 is 0 Å². The lowest BCUT2D eigenvalue weighted by Crippen LogP contribution is -2.67. The molecule has 1 atom stereocenters. The Morgan fingerprint density at radius 2 is 2.17 bits per heavy atom. The van der Waals surface area contributed by atoms with Crippen molar-refractivity contribution in [2.24, 2.45) is 0 Å². The highest BCUT2D eigenvalue weighted by atomic mass is 16.5. The van der Waals surface area contributed by atoms with Crippen LogP contribution in [-0.2, 0) is 4.74 Å². The van der Waals surface area contributed by atoms with Crippen LogP contribution in [0.15, 0.2) is 37.1 Å². The molecule has 0 bridgehead atoms. The summed E-state index contributed by atoms with van der Waals surface area (Å²) in [6, 6.07) is 1.67. The maximum atomic E-state index is 12.4. The van der Waals surface area contributed by atoms with E-state index in [1.807, 2.05) is 0 Å². The lowest BCUT2D eigenvalue weighted by Gasteiger charge is -2.52. The van der Waals surface area contributed by atoms with Gasteiger partial charge in [0.1, 0.15) is 11.7 Å². The van der Waals surface area contributed by atoms with E-state index in [0.717, 1.165) is 12.8 Å². The van der Waals surface area contributed by atoms with E-state index in [1.165, 1.54) is 12.4 Å². The standard InChI is InChI=1S/C16H17N5O3/c22-15(12-1-3-19-20-8-12)21-10-16(11-21)7-13(2-6-23-16)24-14-9-17-4-5-18-14/h1,3-5,8-9,13H,2,6-7,10-11H2. The third-order valence-electron chi connectivity index (χ3n) is 4.35. The van der Waals surface area contributed by atoms with Gasteiger partial charge in [-0.05, 0) is 6.07 Å². The Hall–Kier alpha value is -2.61. The minimum atomic E-state index is -0.318. The molecule has 24 heavy (non-hydrogen) atoms. The minimum Gasteiger partial charge on any atom is -0.473 e. The van der Waals surface area contributed by atoms with Crippen LogP contribution in [0.3, 0.4) is 0 Å². The van der Waals surface area contributed by atoms with E-state index < -0.39 is 0 Å². The van der Waals surface area contributed by atoms with Crippen LogP contribution in [0.1, 0.15) is 23.2 Å². The van der Waals surface area contributed by atoms with Gasteiger partial charge < -0.3 is 14.4 Å². The van der Waals surface area contributed by atoms with E-state index in [4.69, 9.17) is 9.47 Å². The van der Waals surface area contributed by atoms with Gasteiger partial charge in [0.2, 0.25) is 5.88 Å². The van der Waals surface area contributed by atoms with Gasteiger partial charge in [-0.1, -0.05) is 0 Å². The molecule has 0 aliphatic carbocycles. The molecule has 1 spiro atoms. The van der Waals surface area contributed by atoms with E-state index in [2.05, 4.69) is 20.2 Å². The van der Waals surface area contributed by atoms with Gasteiger partial charge in [-0.25, -0.2) is 4.98 Å². The van der Waals surface area contributed by atoms with Crippen molar-refractivity contribution in [1.29, 1.82) is 0 Å². The van der Waals surface area contributed by atoms with E-state index in [-0.39, 0.29) is 17.6 Å². The molecule has 0 radical (unpaired) electrons. The number of aromatic nitrogens is 4. The summed E-state index contributed by atoms with van der Waals surface area (Å²) in [5, 5.41) is 7.44. The van der Waals surface area contributed by atoms with Gasteiger partial charge in [-0.2, -0.15) is 10.2 Å². The maximum absolute atomic E-state index is 12.4. The number of likely N-dealkylation sites (tertiary alicyclic amines) is 1. The summed E-state index contributed by atoms with van der Waals surface area (Å²) in [4.78, 5) is 22.3. The van der Waals surface area contributed by atoms with Crippen molar-refractivity contribution < 1.29 is 14.3 Å². The van der Waals surface area contributed by atoms with Gasteiger partial charge >= 0.3 is 0 Å². The van der Waals surface area contributed by atoms with E-state index in [9.17, 15) is 4.79 Å². The Morgan fingerprint density at radius 3 is 2.92 bits per heavy atom. The molecule has 8 nitrogen and oxygen atoms in total. The number of rotatable bonds is 3. The molecule has 0 N–H and O–H groups in total. The van der Waals surface area contributed by atoms with Gasteiger partial charge in [0.15, 0.2) is 0 Å². The van der Waals surface area contributed by atoms with Crippen molar-refractivity contribution in [3.05, 3.63) is 42.6 Å². The molecule has 0 saturated carbocycles. The summed E-state index contributed by atoms with van der Waals surface area (Å²) in [5.74, 6) is 0.478. The molecule has 1 unspecified atom stereocenters. The molecule has 2 aliphatic rings. The highest BCUT2D eigenvalue weighted by Crippen LogP contribution is 2.36. The third kappa shape index (κ3) is 2.92. The normalized spacial score (nSPS) is 22.0. The third-order valence-corrected chi connectivity index (χ3v) is 4.35. The second-order valence-electron chi connectivity index (χ2n) is 6.10. The molecule has 4 rings (SSSR count). The first-order valence-corrected chi connectivity index (χ1v) is 7.87. The molecule has 2 saturated heterocycles. The second-order valence-corrected chi connectivity index (χ2v) is 6.10. The number of carbonyl (C=O) groups excluding carboxylic acids is 1. The fourth-order valence-corrected chi connectivity index (χ4v) is 3.21. The van der Waals surface area contributed by atoms with E-state index in [1.54, 1.807) is 29.6 Å². The average Bonchev–Trinajstić information content (AvgIpc) is 2.61. The first-order chi connectivity index (χ1) is 11.7. The molecule has 2 aromatic rings. The van der Waals surface area contributed by atoms with Gasteiger partial charge in [0.25, 0.3) is 5.91 Å². The maximum Gasteiger partial charge on any atom is 0.255 e. The number of hydrogen-bond donors (Lipinski definition) is 0. The number of hydrogen-bond acceptors (Lipinski definition) is 7. The van der Waals surface area contributed by atoms with Gasteiger partial charge in [0, 0.05) is 25.2 Å². The summed E-state index contributed by atoms with van der Waals surface area (Å²) >= 11 is 0. The summed E-state index contributed by atoms with van der Waals surface area (Å²) in [7, 11) is 0. The zero-order valence-corrected chi connectivity index (χ0v) is 13.0. The average molecular weight is 327 g/mol. The summed E-state index contributed by atoms with van der Waals surface area (Å²) in [5.41, 5.74) is 0.226. The molecule has 1 amide bonds. The molecule has 2 aliphatic heterocycles. The van der Waals surface area contributed by atoms with Crippen LogP contribution in [0, 0.1) is 0 Å². The quantitative estimate of drug-likeness (QED) is 0.820. The van der Waals surface area contributed by atoms with Crippen molar-refractivity contribution in [3.63, 3.8) is 0 Å². The molecule has 2 aromatic heterocycles. The Bertz CT molecular complexity index is 706. The molecule has 0 aromatic carbocycles.